The number of carbonyl (C=O) groups is 1. The van der Waals surface area contributed by atoms with Crippen LogP contribution in [0.3, 0.4) is 0 Å². The molecule has 0 saturated heterocycles. The highest BCUT2D eigenvalue weighted by Gasteiger charge is 2.26. The standard InChI is InChI=1S/C12H14N2O5S/c1-8-6-9(7-13)2-3-11(8)20(18,19)14-10(4-5-15)12(16)17/h2-3,6,10,14-15H,4-5H2,1H3,(H,16,17)/t10-/m0/s1. The fraction of sp³-hybridized carbons (Fsp3) is 0.333. The van der Waals surface area contributed by atoms with E-state index in [0.717, 1.165) is 0 Å². The fourth-order valence-electron chi connectivity index (χ4n) is 1.63. The molecule has 0 aromatic heterocycles. The van der Waals surface area contributed by atoms with E-state index in [2.05, 4.69) is 0 Å². The first-order valence-electron chi connectivity index (χ1n) is 5.68. The summed E-state index contributed by atoms with van der Waals surface area (Å²) in [6.07, 6.45) is -0.232. The number of carboxylic acids is 1. The zero-order valence-electron chi connectivity index (χ0n) is 10.7. The monoisotopic (exact) mass is 298 g/mol. The number of nitrogens with one attached hydrogen (secondary N) is 1. The SMILES string of the molecule is Cc1cc(C#N)ccc1S(=O)(=O)N[C@@H](CCO)C(=O)O. The predicted octanol–water partition coefficient (Wildman–Crippen LogP) is -0.0194. The normalized spacial score (nSPS) is 12.7. The van der Waals surface area contributed by atoms with Gasteiger partial charge in [-0.05, 0) is 37.1 Å². The van der Waals surface area contributed by atoms with Gasteiger partial charge in [0.15, 0.2) is 0 Å². The molecule has 1 rings (SSSR count). The van der Waals surface area contributed by atoms with Crippen molar-refractivity contribution in [3.05, 3.63) is 29.3 Å². The van der Waals surface area contributed by atoms with Gasteiger partial charge in [0.05, 0.1) is 16.5 Å². The summed E-state index contributed by atoms with van der Waals surface area (Å²) >= 11 is 0. The highest BCUT2D eigenvalue weighted by Crippen LogP contribution is 2.17. The second-order valence-corrected chi connectivity index (χ2v) is 5.80. The molecule has 0 aliphatic rings. The number of aliphatic hydroxyl groups is 1. The first-order valence-corrected chi connectivity index (χ1v) is 7.17. The molecule has 0 bridgehead atoms. The molecule has 0 saturated carbocycles. The number of aliphatic hydroxyl groups excluding tert-OH is 1. The smallest absolute Gasteiger partial charge is 0.321 e. The number of nitriles is 1. The van der Waals surface area contributed by atoms with Crippen LogP contribution in [0.1, 0.15) is 17.5 Å². The summed E-state index contributed by atoms with van der Waals surface area (Å²) in [4.78, 5) is 10.8. The fourth-order valence-corrected chi connectivity index (χ4v) is 3.08. The molecule has 0 spiro atoms. The Morgan fingerprint density at radius 3 is 2.60 bits per heavy atom. The summed E-state index contributed by atoms with van der Waals surface area (Å²) in [6, 6.07) is 4.46. The van der Waals surface area contributed by atoms with Gasteiger partial charge < -0.3 is 10.2 Å². The van der Waals surface area contributed by atoms with Crippen molar-refractivity contribution in [3.63, 3.8) is 0 Å². The van der Waals surface area contributed by atoms with E-state index in [4.69, 9.17) is 15.5 Å². The van der Waals surface area contributed by atoms with Gasteiger partial charge in [-0.3, -0.25) is 4.79 Å². The van der Waals surface area contributed by atoms with Crippen molar-refractivity contribution in [2.75, 3.05) is 6.61 Å². The molecule has 0 amide bonds. The maximum atomic E-state index is 12.1. The lowest BCUT2D eigenvalue weighted by Gasteiger charge is -2.15. The van der Waals surface area contributed by atoms with Crippen LogP contribution in [0.5, 0.6) is 0 Å². The number of aryl methyl sites for hydroxylation is 1. The van der Waals surface area contributed by atoms with Gasteiger partial charge in [-0.2, -0.15) is 9.98 Å². The van der Waals surface area contributed by atoms with Gasteiger partial charge in [-0.15, -0.1) is 0 Å². The number of nitrogens with zero attached hydrogens (tertiary/aromatic N) is 1. The minimum atomic E-state index is -4.03. The van der Waals surface area contributed by atoms with E-state index in [1.165, 1.54) is 25.1 Å². The van der Waals surface area contributed by atoms with E-state index >= 15 is 0 Å². The summed E-state index contributed by atoms with van der Waals surface area (Å²) < 4.78 is 26.2. The van der Waals surface area contributed by atoms with Crippen LogP contribution in [0.25, 0.3) is 0 Å². The third-order valence-corrected chi connectivity index (χ3v) is 4.24. The van der Waals surface area contributed by atoms with Gasteiger partial charge in [0, 0.05) is 6.61 Å². The summed E-state index contributed by atoms with van der Waals surface area (Å²) in [7, 11) is -4.03. The molecule has 7 nitrogen and oxygen atoms in total. The Bertz CT molecular complexity index is 648. The highest BCUT2D eigenvalue weighted by atomic mass is 32.2. The van der Waals surface area contributed by atoms with Gasteiger partial charge in [-0.1, -0.05) is 0 Å². The van der Waals surface area contributed by atoms with Gasteiger partial charge in [-0.25, -0.2) is 8.42 Å². The second kappa shape index (κ2) is 6.47. The van der Waals surface area contributed by atoms with Crippen LogP contribution in [-0.2, 0) is 14.8 Å². The maximum Gasteiger partial charge on any atom is 0.321 e. The van der Waals surface area contributed by atoms with E-state index in [1.807, 2.05) is 10.8 Å². The first-order chi connectivity index (χ1) is 9.31. The predicted molar refractivity (Wildman–Crippen MR) is 69.3 cm³/mol. The molecule has 1 atom stereocenters. The quantitative estimate of drug-likeness (QED) is 0.677. The Morgan fingerprint density at radius 2 is 2.15 bits per heavy atom. The van der Waals surface area contributed by atoms with Crippen molar-refractivity contribution in [1.82, 2.24) is 4.72 Å². The van der Waals surface area contributed by atoms with E-state index in [-0.39, 0.29) is 11.3 Å². The molecular formula is C12H14N2O5S. The number of hydrogen-bond donors (Lipinski definition) is 3. The molecule has 1 aromatic rings. The highest BCUT2D eigenvalue weighted by molar-refractivity contribution is 7.89. The van der Waals surface area contributed by atoms with Crippen LogP contribution in [0.2, 0.25) is 0 Å². The number of aliphatic carboxylic acids is 1. The average molecular weight is 298 g/mol. The Balaban J connectivity index is 3.11. The largest absolute Gasteiger partial charge is 0.480 e. The molecule has 3 N–H and O–H groups in total. The molecule has 0 unspecified atom stereocenters. The van der Waals surface area contributed by atoms with E-state index in [1.54, 1.807) is 0 Å². The number of hydrogen-bond acceptors (Lipinski definition) is 5. The van der Waals surface area contributed by atoms with Crippen molar-refractivity contribution < 1.29 is 23.4 Å². The van der Waals surface area contributed by atoms with Crippen molar-refractivity contribution in [2.24, 2.45) is 0 Å². The number of benzene rings is 1. The molecule has 0 radical (unpaired) electrons. The van der Waals surface area contributed by atoms with Crippen LogP contribution >= 0.6 is 0 Å². The van der Waals surface area contributed by atoms with E-state index in [0.29, 0.717) is 11.1 Å². The molecule has 1 aromatic carbocycles. The Kier molecular flexibility index (Phi) is 5.21. The maximum absolute atomic E-state index is 12.1. The molecule has 0 fully saturated rings. The number of sulfonamides is 1. The van der Waals surface area contributed by atoms with Crippen molar-refractivity contribution >= 4 is 16.0 Å². The third kappa shape index (κ3) is 3.77. The molecular weight excluding hydrogens is 284 g/mol. The Hall–Kier alpha value is -1.95. The molecule has 0 heterocycles. The van der Waals surface area contributed by atoms with Crippen LogP contribution in [-0.4, -0.2) is 37.2 Å². The van der Waals surface area contributed by atoms with Crippen molar-refractivity contribution in [3.8, 4) is 6.07 Å². The summed E-state index contributed by atoms with van der Waals surface area (Å²) in [5.74, 6) is -1.37. The lowest BCUT2D eigenvalue weighted by molar-refractivity contribution is -0.139. The topological polar surface area (TPSA) is 127 Å². The van der Waals surface area contributed by atoms with E-state index in [9.17, 15) is 13.2 Å². The Morgan fingerprint density at radius 1 is 1.50 bits per heavy atom. The van der Waals surface area contributed by atoms with Crippen LogP contribution < -0.4 is 4.72 Å². The lowest BCUT2D eigenvalue weighted by atomic mass is 10.2. The summed E-state index contributed by atoms with van der Waals surface area (Å²) in [6.45, 7) is 1.06. The molecule has 108 valence electrons. The Labute approximate surface area is 116 Å². The average Bonchev–Trinajstić information content (AvgIpc) is 2.37. The molecule has 0 aliphatic carbocycles. The first kappa shape index (κ1) is 16.1. The van der Waals surface area contributed by atoms with Gasteiger partial charge in [0.2, 0.25) is 10.0 Å². The second-order valence-electron chi connectivity index (χ2n) is 4.12. The molecule has 8 heteroatoms. The van der Waals surface area contributed by atoms with Crippen LogP contribution in [0.4, 0.5) is 0 Å². The van der Waals surface area contributed by atoms with E-state index < -0.39 is 28.6 Å². The summed E-state index contributed by atoms with van der Waals surface area (Å²) in [5, 5.41) is 26.3. The van der Waals surface area contributed by atoms with Crippen molar-refractivity contribution in [1.29, 1.82) is 5.26 Å². The van der Waals surface area contributed by atoms with Gasteiger partial charge in [0.25, 0.3) is 0 Å². The van der Waals surface area contributed by atoms with Crippen LogP contribution in [0.15, 0.2) is 23.1 Å². The molecule has 20 heavy (non-hydrogen) atoms. The number of carboxylic acid groups (broad SMARTS) is 1. The third-order valence-electron chi connectivity index (χ3n) is 2.61. The number of rotatable bonds is 6. The zero-order valence-corrected chi connectivity index (χ0v) is 11.5. The van der Waals surface area contributed by atoms with Crippen molar-refractivity contribution in [2.45, 2.75) is 24.3 Å². The molecule has 0 aliphatic heterocycles. The minimum absolute atomic E-state index is 0.0966. The van der Waals surface area contributed by atoms with Gasteiger partial charge >= 0.3 is 5.97 Å². The lowest BCUT2D eigenvalue weighted by Crippen LogP contribution is -2.41. The minimum Gasteiger partial charge on any atom is -0.480 e. The van der Waals surface area contributed by atoms with Gasteiger partial charge in [0.1, 0.15) is 6.04 Å². The zero-order chi connectivity index (χ0) is 15.3. The van der Waals surface area contributed by atoms with Crippen LogP contribution in [0, 0.1) is 18.3 Å². The summed E-state index contributed by atoms with van der Waals surface area (Å²) in [5.41, 5.74) is 0.649.